The first-order chi connectivity index (χ1) is 11.5. The van der Waals surface area contributed by atoms with Crippen molar-refractivity contribution in [2.75, 3.05) is 38.5 Å². The van der Waals surface area contributed by atoms with E-state index in [-0.39, 0.29) is 23.0 Å². The number of anilines is 1. The van der Waals surface area contributed by atoms with Gasteiger partial charge in [-0.15, -0.1) is 0 Å². The molecule has 9 nitrogen and oxygen atoms in total. The van der Waals surface area contributed by atoms with Crippen LogP contribution in [0.5, 0.6) is 0 Å². The molecule has 1 amide bonds. The number of nitrogens with zero attached hydrogens (tertiary/aromatic N) is 5. The quantitative estimate of drug-likeness (QED) is 0.619. The number of carbonyl (C=O) groups excluding carboxylic acids is 1. The average molecular weight is 350 g/mol. The van der Waals surface area contributed by atoms with Crippen molar-refractivity contribution in [3.63, 3.8) is 0 Å². The zero-order valence-electron chi connectivity index (χ0n) is 13.2. The Balaban J connectivity index is 1.67. The van der Waals surface area contributed by atoms with Gasteiger partial charge in [-0.2, -0.15) is 0 Å². The number of thioether (sulfide) groups is 1. The Kier molecular flexibility index (Phi) is 4.56. The molecule has 1 aromatic heterocycles. The molecule has 0 radical (unpaired) electrons. The van der Waals surface area contributed by atoms with Gasteiger partial charge in [-0.3, -0.25) is 19.9 Å². The molecule has 24 heavy (non-hydrogen) atoms. The third-order valence-corrected chi connectivity index (χ3v) is 5.12. The summed E-state index contributed by atoms with van der Waals surface area (Å²) in [6.45, 7) is 5.39. The molecule has 128 valence electrons. The van der Waals surface area contributed by atoms with Crippen molar-refractivity contribution in [2.45, 2.75) is 12.2 Å². The summed E-state index contributed by atoms with van der Waals surface area (Å²) in [5, 5.41) is 12.4. The molecule has 0 saturated carbocycles. The number of amides is 1. The van der Waals surface area contributed by atoms with E-state index in [2.05, 4.69) is 21.8 Å². The number of piperazine rings is 1. The van der Waals surface area contributed by atoms with Crippen molar-refractivity contribution in [3.8, 4) is 0 Å². The van der Waals surface area contributed by atoms with Gasteiger partial charge in [0.15, 0.2) is 5.17 Å². The first-order valence-corrected chi connectivity index (χ1v) is 8.49. The first kappa shape index (κ1) is 16.5. The van der Waals surface area contributed by atoms with Gasteiger partial charge in [-0.25, -0.2) is 4.98 Å². The number of nitrogens with two attached hydrogens (primary N) is 1. The normalized spacial score (nSPS) is 20.9. The molecule has 2 aliphatic heterocycles. The fourth-order valence-corrected chi connectivity index (χ4v) is 3.63. The number of aromatic nitrogens is 1. The van der Waals surface area contributed by atoms with Gasteiger partial charge in [0.1, 0.15) is 12.0 Å². The predicted molar refractivity (Wildman–Crippen MR) is 92.1 cm³/mol. The summed E-state index contributed by atoms with van der Waals surface area (Å²) in [5.41, 5.74) is 5.57. The lowest BCUT2D eigenvalue weighted by molar-refractivity contribution is -0.385. The number of nitro groups is 1. The Labute approximate surface area is 143 Å². The first-order valence-electron chi connectivity index (χ1n) is 7.61. The molecule has 1 saturated heterocycles. The monoisotopic (exact) mass is 350 g/mol. The number of pyridine rings is 1. The van der Waals surface area contributed by atoms with Crippen LogP contribution < -0.4 is 5.73 Å². The van der Waals surface area contributed by atoms with Crippen molar-refractivity contribution in [2.24, 2.45) is 4.99 Å². The maximum atomic E-state index is 12.6. The second-order valence-electron chi connectivity index (χ2n) is 5.71. The summed E-state index contributed by atoms with van der Waals surface area (Å²) in [7, 11) is 0. The van der Waals surface area contributed by atoms with Gasteiger partial charge in [-0.1, -0.05) is 18.7 Å². The van der Waals surface area contributed by atoms with Crippen LogP contribution >= 0.6 is 11.8 Å². The van der Waals surface area contributed by atoms with Crippen molar-refractivity contribution >= 4 is 34.3 Å². The number of hydrogen-bond donors (Lipinski definition) is 1. The minimum atomic E-state index is -0.586. The Morgan fingerprint density at radius 2 is 2.12 bits per heavy atom. The summed E-state index contributed by atoms with van der Waals surface area (Å²) in [5.74, 6) is -0.310. The number of nitrogen functional groups attached to an aromatic ring is 1. The van der Waals surface area contributed by atoms with Crippen molar-refractivity contribution < 1.29 is 9.72 Å². The highest BCUT2D eigenvalue weighted by Gasteiger charge is 2.28. The van der Waals surface area contributed by atoms with E-state index in [4.69, 9.17) is 5.73 Å². The minimum absolute atomic E-state index is 0.0116. The molecule has 2 N–H and O–H groups in total. The number of hydrogen-bond acceptors (Lipinski definition) is 8. The lowest BCUT2D eigenvalue weighted by Crippen LogP contribution is -2.50. The third kappa shape index (κ3) is 3.28. The zero-order chi connectivity index (χ0) is 17.3. The molecular formula is C14H18N6O3S. The Morgan fingerprint density at radius 1 is 1.42 bits per heavy atom. The van der Waals surface area contributed by atoms with Crippen LogP contribution in [0.2, 0.25) is 0 Å². The summed E-state index contributed by atoms with van der Waals surface area (Å²) in [4.78, 5) is 35.0. The zero-order valence-corrected chi connectivity index (χ0v) is 14.0. The molecule has 0 aromatic carbocycles. The number of carbonyl (C=O) groups is 1. The summed E-state index contributed by atoms with van der Waals surface area (Å²) in [6, 6.07) is 1.19. The standard InChI is InChI=1S/C14H18N6O3S/c1-9-7-17-14(24-9)19-4-2-18(3-5-19)13(21)11-6-10(20(22)23)8-16-12(11)15/h6,8-9H,2-5,7H2,1H3,(H2,15,16)/t9-/m0/s1. The van der Waals surface area contributed by atoms with E-state index in [1.807, 2.05) is 0 Å². The SMILES string of the molecule is C[C@H]1CN=C(N2CCN(C(=O)c3cc([N+](=O)[O-])cnc3N)CC2)S1. The summed E-state index contributed by atoms with van der Waals surface area (Å²) in [6.07, 6.45) is 1.06. The molecule has 10 heteroatoms. The molecular weight excluding hydrogens is 332 g/mol. The minimum Gasteiger partial charge on any atom is -0.383 e. The molecule has 0 bridgehead atoms. The Hall–Kier alpha value is -2.36. The second kappa shape index (κ2) is 6.63. The van der Waals surface area contributed by atoms with Crippen molar-refractivity contribution in [1.82, 2.24) is 14.8 Å². The van der Waals surface area contributed by atoms with E-state index in [9.17, 15) is 14.9 Å². The summed E-state index contributed by atoms with van der Waals surface area (Å²) >= 11 is 1.75. The molecule has 0 aliphatic carbocycles. The molecule has 0 unspecified atom stereocenters. The Bertz CT molecular complexity index is 702. The van der Waals surface area contributed by atoms with Gasteiger partial charge in [0.2, 0.25) is 0 Å². The van der Waals surface area contributed by atoms with Crippen LogP contribution in [0.3, 0.4) is 0 Å². The lowest BCUT2D eigenvalue weighted by atomic mass is 10.2. The van der Waals surface area contributed by atoms with E-state index in [1.165, 1.54) is 6.07 Å². The molecule has 3 rings (SSSR count). The van der Waals surface area contributed by atoms with Crippen LogP contribution in [0.4, 0.5) is 11.5 Å². The fourth-order valence-electron chi connectivity index (χ4n) is 2.64. The van der Waals surface area contributed by atoms with Gasteiger partial charge in [0.05, 0.1) is 17.0 Å². The van der Waals surface area contributed by atoms with Crippen molar-refractivity contribution in [1.29, 1.82) is 0 Å². The average Bonchev–Trinajstić information content (AvgIpc) is 3.01. The lowest BCUT2D eigenvalue weighted by Gasteiger charge is -2.35. The number of aliphatic imine (C=N–C) groups is 1. The molecule has 0 spiro atoms. The second-order valence-corrected chi connectivity index (χ2v) is 7.12. The number of amidine groups is 1. The van der Waals surface area contributed by atoms with Crippen LogP contribution in [0.1, 0.15) is 17.3 Å². The Morgan fingerprint density at radius 3 is 2.71 bits per heavy atom. The smallest absolute Gasteiger partial charge is 0.288 e. The molecule has 2 aliphatic rings. The maximum Gasteiger partial charge on any atom is 0.288 e. The number of rotatable bonds is 2. The van der Waals surface area contributed by atoms with E-state index in [0.29, 0.717) is 31.4 Å². The highest BCUT2D eigenvalue weighted by atomic mass is 32.2. The molecule has 1 aromatic rings. The topological polar surface area (TPSA) is 118 Å². The largest absolute Gasteiger partial charge is 0.383 e. The van der Waals surface area contributed by atoms with Crippen LogP contribution in [0.25, 0.3) is 0 Å². The molecule has 3 heterocycles. The van der Waals surface area contributed by atoms with E-state index < -0.39 is 4.92 Å². The third-order valence-electron chi connectivity index (χ3n) is 3.97. The van der Waals surface area contributed by atoms with E-state index in [0.717, 1.165) is 17.9 Å². The summed E-state index contributed by atoms with van der Waals surface area (Å²) < 4.78 is 0. The van der Waals surface area contributed by atoms with Gasteiger partial charge >= 0.3 is 0 Å². The molecule has 1 atom stereocenters. The highest BCUT2D eigenvalue weighted by Crippen LogP contribution is 2.24. The van der Waals surface area contributed by atoms with Crippen LogP contribution in [-0.4, -0.2) is 68.8 Å². The van der Waals surface area contributed by atoms with E-state index in [1.54, 1.807) is 16.7 Å². The fraction of sp³-hybridized carbons (Fsp3) is 0.500. The van der Waals surface area contributed by atoms with Gasteiger partial charge in [0.25, 0.3) is 11.6 Å². The van der Waals surface area contributed by atoms with Gasteiger partial charge < -0.3 is 15.5 Å². The van der Waals surface area contributed by atoms with Crippen LogP contribution in [0.15, 0.2) is 17.3 Å². The van der Waals surface area contributed by atoms with Crippen LogP contribution in [-0.2, 0) is 0 Å². The maximum absolute atomic E-state index is 12.6. The van der Waals surface area contributed by atoms with Gasteiger partial charge in [0, 0.05) is 37.5 Å². The van der Waals surface area contributed by atoms with Crippen LogP contribution in [0, 0.1) is 10.1 Å². The molecule has 1 fully saturated rings. The van der Waals surface area contributed by atoms with Crippen molar-refractivity contribution in [3.05, 3.63) is 27.9 Å². The van der Waals surface area contributed by atoms with Gasteiger partial charge in [-0.05, 0) is 0 Å². The highest BCUT2D eigenvalue weighted by molar-refractivity contribution is 8.14. The predicted octanol–water partition coefficient (Wildman–Crippen LogP) is 0.821. The van der Waals surface area contributed by atoms with E-state index >= 15 is 0 Å².